The largest absolute Gasteiger partial charge is 0.495 e. The van der Waals surface area contributed by atoms with E-state index in [2.05, 4.69) is 15.6 Å². The Morgan fingerprint density at radius 3 is 2.46 bits per heavy atom. The fourth-order valence-corrected chi connectivity index (χ4v) is 4.96. The minimum atomic E-state index is -1.19. The van der Waals surface area contributed by atoms with Crippen LogP contribution in [0.15, 0.2) is 61.0 Å². The summed E-state index contributed by atoms with van der Waals surface area (Å²) >= 11 is 6.30. The molecule has 0 unspecified atom stereocenters. The summed E-state index contributed by atoms with van der Waals surface area (Å²) in [6, 6.07) is 7.84. The van der Waals surface area contributed by atoms with Crippen LogP contribution >= 0.6 is 11.6 Å². The number of hydrogen-bond donors (Lipinski definition) is 2. The molecule has 2 aromatic rings. The number of cyclic esters (lactones) is 2. The number of methoxy groups -OCH3 is 1. The van der Waals surface area contributed by atoms with E-state index in [-0.39, 0.29) is 37.6 Å². The van der Waals surface area contributed by atoms with Gasteiger partial charge in [0.05, 0.1) is 17.5 Å². The lowest BCUT2D eigenvalue weighted by Gasteiger charge is -2.29. The van der Waals surface area contributed by atoms with Crippen LogP contribution < -0.4 is 15.4 Å². The second-order valence-electron chi connectivity index (χ2n) is 12.5. The summed E-state index contributed by atoms with van der Waals surface area (Å²) in [5.74, 6) is -2.09. The van der Waals surface area contributed by atoms with Crippen LogP contribution in [0.2, 0.25) is 5.02 Å². The van der Waals surface area contributed by atoms with E-state index in [0.717, 1.165) is 5.56 Å². The molecule has 2 amide bonds. The van der Waals surface area contributed by atoms with Crippen LogP contribution in [0.1, 0.15) is 58.6 Å². The molecule has 0 aliphatic carbocycles. The van der Waals surface area contributed by atoms with Crippen molar-refractivity contribution in [1.29, 1.82) is 0 Å². The number of esters is 2. The van der Waals surface area contributed by atoms with E-state index >= 15 is 0 Å². The Bertz CT molecular complexity index is 1420. The summed E-state index contributed by atoms with van der Waals surface area (Å²) < 4.78 is 16.9. The van der Waals surface area contributed by atoms with E-state index in [0.29, 0.717) is 16.3 Å². The van der Waals surface area contributed by atoms with Crippen LogP contribution in [0, 0.1) is 17.3 Å². The van der Waals surface area contributed by atoms with Crippen LogP contribution in [-0.2, 0) is 35.1 Å². The number of benzene rings is 1. The van der Waals surface area contributed by atoms with Gasteiger partial charge in [0, 0.05) is 37.7 Å². The van der Waals surface area contributed by atoms with Gasteiger partial charge in [0.1, 0.15) is 17.9 Å². The summed E-state index contributed by atoms with van der Waals surface area (Å²) in [6.45, 7) is 8.87. The topological polar surface area (TPSA) is 133 Å². The van der Waals surface area contributed by atoms with Gasteiger partial charge in [-0.05, 0) is 67.7 Å². The number of nitrogens with zero attached hydrogens (tertiary/aromatic N) is 1. The zero-order valence-corrected chi connectivity index (χ0v) is 28.0. The molecule has 248 valence electrons. The number of halogens is 1. The molecular weight excluding hydrogens is 610 g/mol. The van der Waals surface area contributed by atoms with Crippen LogP contribution in [0.4, 0.5) is 0 Å². The lowest BCUT2D eigenvalue weighted by Crippen LogP contribution is -2.51. The minimum absolute atomic E-state index is 0.0250. The van der Waals surface area contributed by atoms with E-state index in [9.17, 15) is 19.2 Å². The highest BCUT2D eigenvalue weighted by atomic mass is 35.5. The molecule has 1 aromatic heterocycles. The molecule has 0 fully saturated rings. The van der Waals surface area contributed by atoms with Crippen molar-refractivity contribution in [1.82, 2.24) is 15.6 Å². The van der Waals surface area contributed by atoms with Crippen LogP contribution in [0.25, 0.3) is 6.08 Å². The maximum absolute atomic E-state index is 13.5. The zero-order valence-electron chi connectivity index (χ0n) is 27.2. The van der Waals surface area contributed by atoms with Gasteiger partial charge in [-0.25, -0.2) is 4.79 Å². The summed E-state index contributed by atoms with van der Waals surface area (Å²) in [4.78, 5) is 57.3. The van der Waals surface area contributed by atoms with Gasteiger partial charge in [-0.3, -0.25) is 19.4 Å². The molecule has 1 aliphatic rings. The first-order valence-electron chi connectivity index (χ1n) is 15.4. The van der Waals surface area contributed by atoms with Gasteiger partial charge in [-0.1, -0.05) is 56.7 Å². The summed E-state index contributed by atoms with van der Waals surface area (Å²) in [7, 11) is 1.50. The quantitative estimate of drug-likeness (QED) is 0.377. The van der Waals surface area contributed by atoms with E-state index in [1.165, 1.54) is 13.2 Å². The first kappa shape index (κ1) is 36.3. The Labute approximate surface area is 275 Å². The van der Waals surface area contributed by atoms with Gasteiger partial charge in [0.2, 0.25) is 11.8 Å². The number of rotatable bonds is 8. The molecule has 0 bridgehead atoms. The third-order valence-corrected chi connectivity index (χ3v) is 7.83. The molecule has 0 saturated carbocycles. The van der Waals surface area contributed by atoms with Crippen molar-refractivity contribution in [3.63, 3.8) is 0 Å². The van der Waals surface area contributed by atoms with Crippen molar-refractivity contribution in [3.8, 4) is 5.75 Å². The van der Waals surface area contributed by atoms with Crippen molar-refractivity contribution in [2.45, 2.75) is 72.1 Å². The lowest BCUT2D eigenvalue weighted by molar-refractivity contribution is -0.178. The monoisotopic (exact) mass is 653 g/mol. The smallest absolute Gasteiger partial charge is 0.347 e. The fourth-order valence-electron chi connectivity index (χ4n) is 4.68. The molecule has 0 spiro atoms. The molecule has 2 N–H and O–H groups in total. The highest BCUT2D eigenvalue weighted by Gasteiger charge is 2.37. The van der Waals surface area contributed by atoms with Crippen molar-refractivity contribution >= 4 is 41.4 Å². The van der Waals surface area contributed by atoms with Gasteiger partial charge < -0.3 is 24.8 Å². The van der Waals surface area contributed by atoms with Gasteiger partial charge in [-0.2, -0.15) is 0 Å². The SMILES string of the molecule is COc1ccc(C[C@H]2NC(=O)/C=C/C[C@@H]([C@H](C)/C=C/c3ccncc3)OC(=O)[C@H](CC(C)C)OC(=O)C(C)(C)CNC2=O)cc1Cl. The second-order valence-corrected chi connectivity index (χ2v) is 12.9. The number of hydrogen-bond acceptors (Lipinski definition) is 8. The maximum Gasteiger partial charge on any atom is 0.347 e. The number of carbonyl (C=O) groups excluding carboxylic acids is 4. The van der Waals surface area contributed by atoms with Crippen LogP contribution in [0.3, 0.4) is 0 Å². The van der Waals surface area contributed by atoms with Gasteiger partial charge >= 0.3 is 11.9 Å². The zero-order chi connectivity index (χ0) is 33.9. The number of pyridine rings is 1. The third-order valence-electron chi connectivity index (χ3n) is 7.53. The number of aromatic nitrogens is 1. The Hall–Kier alpha value is -4.18. The van der Waals surface area contributed by atoms with Gasteiger partial charge in [0.25, 0.3) is 0 Å². The Morgan fingerprint density at radius 1 is 1.09 bits per heavy atom. The number of carbonyl (C=O) groups is 4. The summed E-state index contributed by atoms with van der Waals surface area (Å²) in [5.41, 5.74) is 0.425. The van der Waals surface area contributed by atoms with E-state index in [4.69, 9.17) is 25.8 Å². The second kappa shape index (κ2) is 16.9. The molecule has 4 atom stereocenters. The lowest BCUT2D eigenvalue weighted by atomic mass is 9.93. The molecule has 46 heavy (non-hydrogen) atoms. The molecule has 0 radical (unpaired) electrons. The van der Waals surface area contributed by atoms with Crippen LogP contribution in [0.5, 0.6) is 5.75 Å². The number of ether oxygens (including phenoxy) is 3. The number of nitrogens with one attached hydrogen (secondary N) is 2. The van der Waals surface area contributed by atoms with Gasteiger partial charge in [0.15, 0.2) is 6.10 Å². The highest BCUT2D eigenvalue weighted by molar-refractivity contribution is 6.32. The Balaban J connectivity index is 1.93. The molecule has 1 aliphatic heterocycles. The third kappa shape index (κ3) is 11.0. The Morgan fingerprint density at radius 2 is 1.80 bits per heavy atom. The standard InChI is InChI=1S/C35H44ClN3O7/c1-22(2)18-30-33(42)45-28(23(3)10-11-24-14-16-37-17-15-24)8-7-9-31(40)39-27(20-25-12-13-29(44-6)26(36)19-25)32(41)38-21-35(4,5)34(43)46-30/h7,9-17,19,22-23,27-28,30H,8,18,20-21H2,1-6H3,(H,38,41)(H,39,40)/b9-7+,11-10+/t23-,27-,28+,30+/m1/s1. The minimum Gasteiger partial charge on any atom is -0.495 e. The van der Waals surface area contributed by atoms with E-state index in [1.807, 2.05) is 45.1 Å². The van der Waals surface area contributed by atoms with Crippen molar-refractivity contribution in [3.05, 3.63) is 77.1 Å². The molecule has 11 heteroatoms. The highest BCUT2D eigenvalue weighted by Crippen LogP contribution is 2.26. The van der Waals surface area contributed by atoms with E-state index < -0.39 is 47.4 Å². The molecule has 0 saturated heterocycles. The average molecular weight is 654 g/mol. The predicted octanol–water partition coefficient (Wildman–Crippen LogP) is 5.09. The maximum atomic E-state index is 13.5. The Kier molecular flexibility index (Phi) is 13.4. The van der Waals surface area contributed by atoms with E-state index in [1.54, 1.807) is 50.5 Å². The van der Waals surface area contributed by atoms with Crippen molar-refractivity contribution < 1.29 is 33.4 Å². The number of amides is 2. The molecule has 2 heterocycles. The fraction of sp³-hybridized carbons (Fsp3) is 0.457. The summed E-state index contributed by atoms with van der Waals surface area (Å²) in [6.07, 6.45) is 8.86. The molecule has 3 rings (SSSR count). The average Bonchev–Trinajstić information content (AvgIpc) is 3.01. The molecule has 1 aromatic carbocycles. The molecular formula is C35H44ClN3O7. The predicted molar refractivity (Wildman–Crippen MR) is 176 cm³/mol. The van der Waals surface area contributed by atoms with Gasteiger partial charge in [-0.15, -0.1) is 0 Å². The van der Waals surface area contributed by atoms with Crippen molar-refractivity contribution in [2.75, 3.05) is 13.7 Å². The van der Waals surface area contributed by atoms with Crippen LogP contribution in [-0.4, -0.2) is 60.6 Å². The summed E-state index contributed by atoms with van der Waals surface area (Å²) in [5, 5.41) is 5.89. The molecule has 10 nitrogen and oxygen atoms in total. The van der Waals surface area contributed by atoms with Crippen molar-refractivity contribution in [2.24, 2.45) is 17.3 Å². The first-order valence-corrected chi connectivity index (χ1v) is 15.7. The normalized spacial score (nSPS) is 22.8. The first-order chi connectivity index (χ1) is 21.8.